The highest BCUT2D eigenvalue weighted by Crippen LogP contribution is 2.28. The van der Waals surface area contributed by atoms with Crippen LogP contribution in [0.1, 0.15) is 31.7 Å². The zero-order valence-electron chi connectivity index (χ0n) is 12.3. The van der Waals surface area contributed by atoms with Crippen LogP contribution in [0.4, 0.5) is 14.5 Å². The van der Waals surface area contributed by atoms with E-state index in [1.807, 2.05) is 26.0 Å². The summed E-state index contributed by atoms with van der Waals surface area (Å²) in [4.78, 5) is -0.314. The Hall–Kier alpha value is -1.95. The van der Waals surface area contributed by atoms with E-state index in [1.165, 1.54) is 0 Å². The molecule has 0 amide bonds. The molecule has 1 atom stereocenters. The van der Waals surface area contributed by atoms with E-state index in [1.54, 1.807) is 12.1 Å². The molecule has 118 valence electrons. The summed E-state index contributed by atoms with van der Waals surface area (Å²) in [7, 11) is -3.97. The summed E-state index contributed by atoms with van der Waals surface area (Å²) in [5.41, 5.74) is 1.30. The van der Waals surface area contributed by atoms with Crippen LogP contribution in [0.2, 0.25) is 0 Å². The summed E-state index contributed by atoms with van der Waals surface area (Å²) in [6.07, 6.45) is 0.851. The number of anilines is 1. The molecule has 2 rings (SSSR count). The van der Waals surface area contributed by atoms with Gasteiger partial charge >= 0.3 is 0 Å². The van der Waals surface area contributed by atoms with Crippen molar-refractivity contribution >= 4 is 15.7 Å². The van der Waals surface area contributed by atoms with Gasteiger partial charge in [-0.3, -0.25) is 4.72 Å². The minimum atomic E-state index is -3.97. The number of para-hydroxylation sites is 1. The minimum Gasteiger partial charge on any atom is -0.279 e. The van der Waals surface area contributed by atoms with Gasteiger partial charge < -0.3 is 0 Å². The van der Waals surface area contributed by atoms with Crippen molar-refractivity contribution in [1.82, 2.24) is 0 Å². The van der Waals surface area contributed by atoms with Crippen molar-refractivity contribution in [2.75, 3.05) is 4.72 Å². The smallest absolute Gasteiger partial charge is 0.262 e. The van der Waals surface area contributed by atoms with Crippen LogP contribution in [0.5, 0.6) is 0 Å². The molecule has 0 saturated carbocycles. The minimum absolute atomic E-state index is 0.170. The highest BCUT2D eigenvalue weighted by Gasteiger charge is 2.19. The summed E-state index contributed by atoms with van der Waals surface area (Å²) >= 11 is 0. The summed E-state index contributed by atoms with van der Waals surface area (Å²) in [5.74, 6) is -2.11. The Morgan fingerprint density at radius 2 is 1.77 bits per heavy atom. The molecule has 0 bridgehead atoms. The van der Waals surface area contributed by atoms with Gasteiger partial charge in [0.1, 0.15) is 0 Å². The lowest BCUT2D eigenvalue weighted by atomic mass is 9.97. The molecule has 0 aromatic heterocycles. The van der Waals surface area contributed by atoms with E-state index in [4.69, 9.17) is 0 Å². The van der Waals surface area contributed by atoms with Gasteiger partial charge in [-0.1, -0.05) is 32.0 Å². The van der Waals surface area contributed by atoms with Crippen molar-refractivity contribution in [3.8, 4) is 0 Å². The van der Waals surface area contributed by atoms with Crippen LogP contribution < -0.4 is 4.72 Å². The van der Waals surface area contributed by atoms with Crippen molar-refractivity contribution in [3.63, 3.8) is 0 Å². The van der Waals surface area contributed by atoms with Gasteiger partial charge in [0.2, 0.25) is 0 Å². The second-order valence-corrected chi connectivity index (χ2v) is 6.76. The van der Waals surface area contributed by atoms with Gasteiger partial charge in [0.15, 0.2) is 11.6 Å². The summed E-state index contributed by atoms with van der Waals surface area (Å²) in [6.45, 7) is 4.00. The standard InChI is InChI=1S/C16H17F2NO2S/c1-3-11(2)13-6-4-5-7-16(13)19-22(20,21)12-8-9-14(17)15(18)10-12/h4-11,19H,3H2,1-2H3/t11-/m0/s1. The van der Waals surface area contributed by atoms with Gasteiger partial charge in [0, 0.05) is 0 Å². The van der Waals surface area contributed by atoms with Crippen LogP contribution in [-0.2, 0) is 10.0 Å². The summed E-state index contributed by atoms with van der Waals surface area (Å²) in [5, 5.41) is 0. The molecule has 0 heterocycles. The third-order valence-electron chi connectivity index (χ3n) is 3.55. The van der Waals surface area contributed by atoms with E-state index in [2.05, 4.69) is 4.72 Å². The van der Waals surface area contributed by atoms with Gasteiger partial charge in [-0.25, -0.2) is 17.2 Å². The van der Waals surface area contributed by atoms with Crippen LogP contribution in [0.3, 0.4) is 0 Å². The first-order valence-corrected chi connectivity index (χ1v) is 8.40. The molecule has 0 saturated heterocycles. The Labute approximate surface area is 129 Å². The third kappa shape index (κ3) is 3.44. The lowest BCUT2D eigenvalue weighted by molar-refractivity contribution is 0.504. The van der Waals surface area contributed by atoms with Crippen molar-refractivity contribution < 1.29 is 17.2 Å². The van der Waals surface area contributed by atoms with Crippen LogP contribution in [0.15, 0.2) is 47.4 Å². The Morgan fingerprint density at radius 3 is 2.41 bits per heavy atom. The van der Waals surface area contributed by atoms with Crippen molar-refractivity contribution in [2.24, 2.45) is 0 Å². The maximum atomic E-state index is 13.2. The van der Waals surface area contributed by atoms with E-state index in [9.17, 15) is 17.2 Å². The molecular formula is C16H17F2NO2S. The monoisotopic (exact) mass is 325 g/mol. The third-order valence-corrected chi connectivity index (χ3v) is 4.91. The average molecular weight is 325 g/mol. The van der Waals surface area contributed by atoms with Crippen LogP contribution in [0, 0.1) is 11.6 Å². The first-order chi connectivity index (χ1) is 10.3. The second-order valence-electron chi connectivity index (χ2n) is 5.08. The molecule has 0 unspecified atom stereocenters. The van der Waals surface area contributed by atoms with Crippen LogP contribution >= 0.6 is 0 Å². The van der Waals surface area contributed by atoms with Crippen LogP contribution in [0.25, 0.3) is 0 Å². The summed E-state index contributed by atoms with van der Waals surface area (Å²) < 4.78 is 53.3. The Balaban J connectivity index is 2.39. The van der Waals surface area contributed by atoms with E-state index in [0.29, 0.717) is 11.8 Å². The molecule has 0 spiro atoms. The van der Waals surface area contributed by atoms with Gasteiger partial charge in [-0.15, -0.1) is 0 Å². The molecule has 2 aromatic carbocycles. The number of nitrogens with one attached hydrogen (secondary N) is 1. The molecule has 2 aromatic rings. The predicted molar refractivity (Wildman–Crippen MR) is 82.3 cm³/mol. The Bertz CT molecular complexity index is 775. The first-order valence-electron chi connectivity index (χ1n) is 6.92. The van der Waals surface area contributed by atoms with Gasteiger partial charge in [0.05, 0.1) is 10.6 Å². The van der Waals surface area contributed by atoms with Gasteiger partial charge in [-0.05, 0) is 42.2 Å². The molecule has 0 radical (unpaired) electrons. The van der Waals surface area contributed by atoms with E-state index in [0.717, 1.165) is 24.1 Å². The number of rotatable bonds is 5. The molecule has 0 fully saturated rings. The van der Waals surface area contributed by atoms with E-state index < -0.39 is 21.7 Å². The molecule has 0 aliphatic carbocycles. The first kappa shape index (κ1) is 16.4. The normalized spacial score (nSPS) is 12.9. The fourth-order valence-electron chi connectivity index (χ4n) is 2.09. The maximum absolute atomic E-state index is 13.2. The van der Waals surface area contributed by atoms with E-state index >= 15 is 0 Å². The largest absolute Gasteiger partial charge is 0.279 e. The Morgan fingerprint density at radius 1 is 1.09 bits per heavy atom. The summed E-state index contributed by atoms with van der Waals surface area (Å²) in [6, 6.07) is 9.54. The number of hydrogen-bond donors (Lipinski definition) is 1. The van der Waals surface area contributed by atoms with Gasteiger partial charge in [0.25, 0.3) is 10.0 Å². The van der Waals surface area contributed by atoms with Crippen molar-refractivity contribution in [2.45, 2.75) is 31.1 Å². The van der Waals surface area contributed by atoms with Crippen molar-refractivity contribution in [3.05, 3.63) is 59.7 Å². The van der Waals surface area contributed by atoms with E-state index in [-0.39, 0.29) is 10.8 Å². The molecule has 1 N–H and O–H groups in total. The Kier molecular flexibility index (Phi) is 4.81. The lowest BCUT2D eigenvalue weighted by Gasteiger charge is -2.16. The average Bonchev–Trinajstić information content (AvgIpc) is 2.49. The molecule has 22 heavy (non-hydrogen) atoms. The van der Waals surface area contributed by atoms with Crippen LogP contribution in [-0.4, -0.2) is 8.42 Å². The second kappa shape index (κ2) is 6.44. The van der Waals surface area contributed by atoms with Gasteiger partial charge in [-0.2, -0.15) is 0 Å². The zero-order valence-corrected chi connectivity index (χ0v) is 13.1. The highest BCUT2D eigenvalue weighted by molar-refractivity contribution is 7.92. The molecule has 0 aliphatic heterocycles. The molecule has 6 heteroatoms. The lowest BCUT2D eigenvalue weighted by Crippen LogP contribution is -2.15. The fraction of sp³-hybridized carbons (Fsp3) is 0.250. The number of benzene rings is 2. The molecule has 3 nitrogen and oxygen atoms in total. The molecule has 0 aliphatic rings. The fourth-order valence-corrected chi connectivity index (χ4v) is 3.19. The number of halogens is 2. The number of sulfonamides is 1. The SMILES string of the molecule is CC[C@H](C)c1ccccc1NS(=O)(=O)c1ccc(F)c(F)c1. The highest BCUT2D eigenvalue weighted by atomic mass is 32.2. The number of hydrogen-bond acceptors (Lipinski definition) is 2. The zero-order chi connectivity index (χ0) is 16.3. The quantitative estimate of drug-likeness (QED) is 0.892. The topological polar surface area (TPSA) is 46.2 Å². The predicted octanol–water partition coefficient (Wildman–Crippen LogP) is 4.28. The van der Waals surface area contributed by atoms with Crippen molar-refractivity contribution in [1.29, 1.82) is 0 Å². The molecular weight excluding hydrogens is 308 g/mol. The maximum Gasteiger partial charge on any atom is 0.262 e.